The van der Waals surface area contributed by atoms with Gasteiger partial charge in [-0.25, -0.2) is 8.42 Å². The van der Waals surface area contributed by atoms with Gasteiger partial charge >= 0.3 is 0 Å². The van der Waals surface area contributed by atoms with Crippen LogP contribution in [0.5, 0.6) is 0 Å². The number of hydrogen-bond donors (Lipinski definition) is 3. The molecule has 4 N–H and O–H groups in total. The van der Waals surface area contributed by atoms with Crippen LogP contribution < -0.4 is 10.5 Å². The van der Waals surface area contributed by atoms with Crippen LogP contribution in [0.1, 0.15) is 18.1 Å². The van der Waals surface area contributed by atoms with E-state index in [0.29, 0.717) is 17.8 Å². The Balaban J connectivity index is 2.39. The molecule has 0 aliphatic carbocycles. The number of nitrogens with zero attached hydrogens (tertiary/aromatic N) is 2. The summed E-state index contributed by atoms with van der Waals surface area (Å²) in [4.78, 5) is -0.0758. The number of nitrogens with one attached hydrogen (secondary N) is 2. The van der Waals surface area contributed by atoms with Crippen molar-refractivity contribution < 1.29 is 8.42 Å². The van der Waals surface area contributed by atoms with E-state index in [0.717, 1.165) is 5.56 Å². The van der Waals surface area contributed by atoms with Crippen LogP contribution in [0.25, 0.3) is 0 Å². The predicted molar refractivity (Wildman–Crippen MR) is 74.3 cm³/mol. The third-order valence-electron chi connectivity index (χ3n) is 2.76. The summed E-state index contributed by atoms with van der Waals surface area (Å²) >= 11 is 0. The summed E-state index contributed by atoms with van der Waals surface area (Å²) in [6.07, 6.45) is 2.19. The molecule has 2 aromatic rings. The van der Waals surface area contributed by atoms with Gasteiger partial charge in [0.1, 0.15) is 10.7 Å². The molecule has 104 valence electrons. The molecule has 7 nitrogen and oxygen atoms in total. The first-order chi connectivity index (χ1) is 9.47. The molecule has 0 saturated heterocycles. The minimum atomic E-state index is -3.83. The molecule has 0 saturated carbocycles. The Morgan fingerprint density at radius 3 is 2.85 bits per heavy atom. The lowest BCUT2D eigenvalue weighted by molar-refractivity contribution is 0.601. The number of benzene rings is 1. The highest BCUT2D eigenvalue weighted by molar-refractivity contribution is 7.92. The van der Waals surface area contributed by atoms with E-state index in [1.54, 1.807) is 6.20 Å². The Morgan fingerprint density at radius 2 is 2.25 bits per heavy atom. The van der Waals surface area contributed by atoms with Crippen LogP contribution in [0, 0.1) is 11.3 Å². The average Bonchev–Trinajstić information content (AvgIpc) is 2.84. The smallest absolute Gasteiger partial charge is 0.265 e. The standard InChI is InChI=1S/C12H13N5O2S/c1-2-9-7-15-16-12(9)17-20(18,19)11-4-3-8(6-13)5-10(11)14/h3-5,7H,2,14H2,1H3,(H2,15,16,17). The highest BCUT2D eigenvalue weighted by atomic mass is 32.2. The molecule has 1 heterocycles. The predicted octanol–water partition coefficient (Wildman–Crippen LogP) is 1.23. The second kappa shape index (κ2) is 5.22. The van der Waals surface area contributed by atoms with Crippen molar-refractivity contribution in [2.75, 3.05) is 10.5 Å². The summed E-state index contributed by atoms with van der Waals surface area (Å²) in [7, 11) is -3.83. The maximum atomic E-state index is 12.3. The highest BCUT2D eigenvalue weighted by Gasteiger charge is 2.19. The second-order valence-electron chi connectivity index (χ2n) is 4.09. The molecule has 1 aromatic heterocycles. The van der Waals surface area contributed by atoms with Crippen LogP contribution in [0.2, 0.25) is 0 Å². The van der Waals surface area contributed by atoms with Crippen molar-refractivity contribution in [3.63, 3.8) is 0 Å². The van der Waals surface area contributed by atoms with Crippen molar-refractivity contribution in [3.05, 3.63) is 35.5 Å². The molecule has 0 bridgehead atoms. The van der Waals surface area contributed by atoms with Gasteiger partial charge in [0.05, 0.1) is 23.5 Å². The van der Waals surface area contributed by atoms with E-state index in [9.17, 15) is 8.42 Å². The number of nitriles is 1. The third kappa shape index (κ3) is 2.57. The van der Waals surface area contributed by atoms with E-state index in [-0.39, 0.29) is 10.6 Å². The topological polar surface area (TPSA) is 125 Å². The number of anilines is 2. The van der Waals surface area contributed by atoms with Crippen molar-refractivity contribution in [1.29, 1.82) is 5.26 Å². The first-order valence-corrected chi connectivity index (χ1v) is 7.31. The molecular weight excluding hydrogens is 278 g/mol. The molecule has 20 heavy (non-hydrogen) atoms. The van der Waals surface area contributed by atoms with Gasteiger partial charge in [0.25, 0.3) is 10.0 Å². The lowest BCUT2D eigenvalue weighted by Crippen LogP contribution is -2.16. The molecule has 0 radical (unpaired) electrons. The number of aromatic amines is 1. The highest BCUT2D eigenvalue weighted by Crippen LogP contribution is 2.23. The average molecular weight is 291 g/mol. The molecule has 0 fully saturated rings. The fourth-order valence-corrected chi connectivity index (χ4v) is 2.89. The monoisotopic (exact) mass is 291 g/mol. The molecule has 1 aromatic carbocycles. The summed E-state index contributed by atoms with van der Waals surface area (Å²) < 4.78 is 26.9. The molecule has 0 atom stereocenters. The molecule has 0 aliphatic rings. The van der Waals surface area contributed by atoms with E-state index in [1.165, 1.54) is 18.2 Å². The number of nitrogen functional groups attached to an aromatic ring is 1. The van der Waals surface area contributed by atoms with Gasteiger partial charge in [0.15, 0.2) is 0 Å². The molecule has 8 heteroatoms. The van der Waals surface area contributed by atoms with Crippen LogP contribution >= 0.6 is 0 Å². The minimum absolute atomic E-state index is 0.0223. The fourth-order valence-electron chi connectivity index (χ4n) is 1.72. The number of aromatic nitrogens is 2. The molecular formula is C12H13N5O2S. The lowest BCUT2D eigenvalue weighted by Gasteiger charge is -2.09. The second-order valence-corrected chi connectivity index (χ2v) is 5.74. The van der Waals surface area contributed by atoms with Crippen LogP contribution in [0.15, 0.2) is 29.3 Å². The van der Waals surface area contributed by atoms with Gasteiger partial charge in [-0.2, -0.15) is 10.4 Å². The van der Waals surface area contributed by atoms with Crippen molar-refractivity contribution in [1.82, 2.24) is 10.2 Å². The zero-order valence-corrected chi connectivity index (χ0v) is 11.5. The van der Waals surface area contributed by atoms with Crippen LogP contribution in [0.4, 0.5) is 11.5 Å². The Kier molecular flexibility index (Phi) is 3.63. The van der Waals surface area contributed by atoms with Crippen molar-refractivity contribution >= 4 is 21.5 Å². The summed E-state index contributed by atoms with van der Waals surface area (Å²) in [5, 5.41) is 15.1. The van der Waals surface area contributed by atoms with Gasteiger partial charge in [-0.3, -0.25) is 9.82 Å². The van der Waals surface area contributed by atoms with Crippen LogP contribution in [-0.2, 0) is 16.4 Å². The molecule has 0 amide bonds. The van der Waals surface area contributed by atoms with Gasteiger partial charge < -0.3 is 5.73 Å². The quantitative estimate of drug-likeness (QED) is 0.730. The summed E-state index contributed by atoms with van der Waals surface area (Å²) in [6, 6.07) is 5.93. The first kappa shape index (κ1) is 13.9. The largest absolute Gasteiger partial charge is 0.398 e. The van der Waals surface area contributed by atoms with Crippen LogP contribution in [-0.4, -0.2) is 18.6 Å². The SMILES string of the molecule is CCc1cn[nH]c1NS(=O)(=O)c1ccc(C#N)cc1N. The van der Waals surface area contributed by atoms with E-state index in [4.69, 9.17) is 11.0 Å². The van der Waals surface area contributed by atoms with E-state index >= 15 is 0 Å². The number of hydrogen-bond acceptors (Lipinski definition) is 5. The normalized spacial score (nSPS) is 11.0. The Bertz CT molecular complexity index is 773. The summed E-state index contributed by atoms with van der Waals surface area (Å²) in [5.74, 6) is 0.316. The maximum Gasteiger partial charge on any atom is 0.265 e. The summed E-state index contributed by atoms with van der Waals surface area (Å²) in [6.45, 7) is 1.89. The van der Waals surface area contributed by atoms with Gasteiger partial charge in [0.2, 0.25) is 0 Å². The minimum Gasteiger partial charge on any atom is -0.398 e. The van der Waals surface area contributed by atoms with Crippen molar-refractivity contribution in [2.24, 2.45) is 0 Å². The molecule has 0 aliphatic heterocycles. The lowest BCUT2D eigenvalue weighted by atomic mass is 10.2. The van der Waals surface area contributed by atoms with Gasteiger partial charge in [-0.15, -0.1) is 0 Å². The zero-order chi connectivity index (χ0) is 14.8. The number of H-pyrrole nitrogens is 1. The van der Waals surface area contributed by atoms with Gasteiger partial charge in [-0.05, 0) is 24.6 Å². The van der Waals surface area contributed by atoms with Gasteiger partial charge in [-0.1, -0.05) is 6.92 Å². The van der Waals surface area contributed by atoms with Crippen molar-refractivity contribution in [3.8, 4) is 6.07 Å². The zero-order valence-electron chi connectivity index (χ0n) is 10.7. The van der Waals surface area contributed by atoms with Crippen molar-refractivity contribution in [2.45, 2.75) is 18.2 Å². The molecule has 2 rings (SSSR count). The van der Waals surface area contributed by atoms with E-state index in [2.05, 4.69) is 14.9 Å². The maximum absolute atomic E-state index is 12.3. The van der Waals surface area contributed by atoms with Crippen LogP contribution in [0.3, 0.4) is 0 Å². The number of rotatable bonds is 4. The first-order valence-electron chi connectivity index (χ1n) is 5.82. The molecule has 0 spiro atoms. The summed E-state index contributed by atoms with van der Waals surface area (Å²) in [5.41, 5.74) is 6.76. The van der Waals surface area contributed by atoms with Gasteiger partial charge in [0, 0.05) is 5.56 Å². The van der Waals surface area contributed by atoms with E-state index in [1.807, 2.05) is 13.0 Å². The Hall–Kier alpha value is -2.53. The number of sulfonamides is 1. The van der Waals surface area contributed by atoms with E-state index < -0.39 is 10.0 Å². The molecule has 0 unspecified atom stereocenters. The number of aryl methyl sites for hydroxylation is 1. The Morgan fingerprint density at radius 1 is 1.50 bits per heavy atom. The number of nitrogens with two attached hydrogens (primary N) is 1. The fraction of sp³-hybridized carbons (Fsp3) is 0.167. The third-order valence-corrected chi connectivity index (χ3v) is 4.19. The Labute approximate surface area is 116 Å².